The van der Waals surface area contributed by atoms with Crippen molar-refractivity contribution in [1.29, 1.82) is 0 Å². The van der Waals surface area contributed by atoms with Gasteiger partial charge in [0.25, 0.3) is 0 Å². The smallest absolute Gasteiger partial charge is 0.193 e. The number of aliphatic hydroxyl groups is 3. The molecule has 0 bridgehead atoms. The summed E-state index contributed by atoms with van der Waals surface area (Å²) in [7, 11) is 0. The standard InChI is InChI=1S/C37H42O7/c1-21-13-27-29-17-32-37(31(42)20-39,36(29,3)18-30(41)33(27)35(2)12-11-26(40)16-28(21)35)44-34(43-32)25-6-4-5-24(15-25)14-22-7-9-23(19-38)10-8-22/h4-12,15-16,21,27,29-30,32-34,38-39,41H,13-14,17-20H2,1-3H3/t21-,27-,29-,30-,32+,33+,34+,35-,36-,37+/m0/s1. The number of carbonyl (C=O) groups is 2. The third-order valence-corrected chi connectivity index (χ3v) is 12.0. The van der Waals surface area contributed by atoms with E-state index in [1.54, 1.807) is 12.2 Å². The molecule has 0 aromatic heterocycles. The Balaban J connectivity index is 1.20. The Morgan fingerprint density at radius 1 is 1.02 bits per heavy atom. The van der Waals surface area contributed by atoms with Crippen molar-refractivity contribution in [3.8, 4) is 0 Å². The number of fused-ring (bicyclic) bond motifs is 7. The van der Waals surface area contributed by atoms with Crippen LogP contribution in [-0.2, 0) is 32.1 Å². The van der Waals surface area contributed by atoms with E-state index in [0.717, 1.165) is 34.2 Å². The van der Waals surface area contributed by atoms with E-state index < -0.39 is 41.5 Å². The summed E-state index contributed by atoms with van der Waals surface area (Å²) in [5, 5.41) is 31.6. The van der Waals surface area contributed by atoms with Crippen molar-refractivity contribution in [1.82, 2.24) is 0 Å². The van der Waals surface area contributed by atoms with E-state index in [4.69, 9.17) is 9.47 Å². The van der Waals surface area contributed by atoms with Gasteiger partial charge in [-0.1, -0.05) is 81.0 Å². The Morgan fingerprint density at radius 3 is 2.50 bits per heavy atom. The lowest BCUT2D eigenvalue weighted by molar-refractivity contribution is -0.202. The molecule has 44 heavy (non-hydrogen) atoms. The number of hydrogen-bond acceptors (Lipinski definition) is 7. The topological polar surface area (TPSA) is 113 Å². The van der Waals surface area contributed by atoms with E-state index >= 15 is 0 Å². The van der Waals surface area contributed by atoms with Gasteiger partial charge in [0.05, 0.1) is 18.8 Å². The molecule has 7 heteroatoms. The number of ether oxygens (including phenoxy) is 2. The van der Waals surface area contributed by atoms with Gasteiger partial charge in [-0.05, 0) is 72.3 Å². The van der Waals surface area contributed by atoms with Crippen molar-refractivity contribution >= 4 is 11.6 Å². The second-order valence-electron chi connectivity index (χ2n) is 14.3. The molecule has 3 N–H and O–H groups in total. The Hall–Kier alpha value is -2.94. The molecule has 5 aliphatic rings. The maximum atomic E-state index is 13.9. The van der Waals surface area contributed by atoms with Gasteiger partial charge < -0.3 is 24.8 Å². The van der Waals surface area contributed by atoms with Crippen LogP contribution in [-0.4, -0.2) is 51.3 Å². The van der Waals surface area contributed by atoms with Gasteiger partial charge >= 0.3 is 0 Å². The Bertz CT molecular complexity index is 1540. The molecule has 4 fully saturated rings. The molecule has 1 saturated heterocycles. The third-order valence-electron chi connectivity index (χ3n) is 12.0. The fourth-order valence-corrected chi connectivity index (χ4v) is 10.1. The first-order chi connectivity index (χ1) is 21.0. The summed E-state index contributed by atoms with van der Waals surface area (Å²) >= 11 is 0. The lowest BCUT2D eigenvalue weighted by atomic mass is 9.44. The van der Waals surface area contributed by atoms with Crippen LogP contribution in [0.5, 0.6) is 0 Å². The zero-order chi connectivity index (χ0) is 31.0. The van der Waals surface area contributed by atoms with E-state index in [1.807, 2.05) is 54.6 Å². The minimum Gasteiger partial charge on any atom is -0.393 e. The minimum atomic E-state index is -1.38. The number of allylic oxidation sites excluding steroid dienone is 4. The predicted octanol–water partition coefficient (Wildman–Crippen LogP) is 4.62. The highest BCUT2D eigenvalue weighted by Gasteiger charge is 2.76. The zero-order valence-corrected chi connectivity index (χ0v) is 25.6. The highest BCUT2D eigenvalue weighted by Crippen LogP contribution is 2.71. The van der Waals surface area contributed by atoms with Crippen LogP contribution in [0.2, 0.25) is 0 Å². The quantitative estimate of drug-likeness (QED) is 0.445. The predicted molar refractivity (Wildman–Crippen MR) is 163 cm³/mol. The summed E-state index contributed by atoms with van der Waals surface area (Å²) < 4.78 is 13.4. The average molecular weight is 599 g/mol. The fourth-order valence-electron chi connectivity index (χ4n) is 10.1. The second-order valence-corrected chi connectivity index (χ2v) is 14.3. The molecule has 0 unspecified atom stereocenters. The van der Waals surface area contributed by atoms with Crippen LogP contribution in [0.1, 0.15) is 68.6 Å². The molecule has 0 spiro atoms. The van der Waals surface area contributed by atoms with E-state index in [0.29, 0.717) is 19.3 Å². The molecule has 4 aliphatic carbocycles. The summed E-state index contributed by atoms with van der Waals surface area (Å²) in [5.74, 6) is -0.188. The number of benzene rings is 2. The number of carbonyl (C=O) groups excluding carboxylic acids is 2. The highest BCUT2D eigenvalue weighted by atomic mass is 16.7. The van der Waals surface area contributed by atoms with Crippen molar-refractivity contribution in [3.63, 3.8) is 0 Å². The number of rotatable bonds is 6. The van der Waals surface area contributed by atoms with Crippen LogP contribution in [0.15, 0.2) is 72.3 Å². The number of hydrogen-bond donors (Lipinski definition) is 3. The van der Waals surface area contributed by atoms with Crippen LogP contribution >= 0.6 is 0 Å². The van der Waals surface area contributed by atoms with Crippen LogP contribution in [0, 0.1) is 34.5 Å². The summed E-state index contributed by atoms with van der Waals surface area (Å²) in [4.78, 5) is 26.2. The molecule has 2 aromatic rings. The Labute approximate surface area is 258 Å². The molecular formula is C37H42O7. The van der Waals surface area contributed by atoms with E-state index in [9.17, 15) is 24.9 Å². The molecule has 2 aromatic carbocycles. The maximum absolute atomic E-state index is 13.9. The molecule has 7 nitrogen and oxygen atoms in total. The molecule has 1 heterocycles. The molecule has 7 rings (SSSR count). The Morgan fingerprint density at radius 2 is 1.77 bits per heavy atom. The fraction of sp³-hybridized carbons (Fsp3) is 0.514. The van der Waals surface area contributed by atoms with Crippen LogP contribution in [0.25, 0.3) is 0 Å². The average Bonchev–Trinajstić information content (AvgIpc) is 3.51. The maximum Gasteiger partial charge on any atom is 0.193 e. The van der Waals surface area contributed by atoms with E-state index in [-0.39, 0.29) is 41.8 Å². The van der Waals surface area contributed by atoms with Gasteiger partial charge in [0.2, 0.25) is 0 Å². The van der Waals surface area contributed by atoms with Gasteiger partial charge in [-0.25, -0.2) is 0 Å². The molecule has 232 valence electrons. The summed E-state index contributed by atoms with van der Waals surface area (Å²) in [6.45, 7) is 5.71. The first-order valence-corrected chi connectivity index (χ1v) is 15.9. The van der Waals surface area contributed by atoms with Crippen molar-refractivity contribution in [2.24, 2.45) is 34.5 Å². The van der Waals surface area contributed by atoms with Crippen molar-refractivity contribution < 1.29 is 34.4 Å². The van der Waals surface area contributed by atoms with Gasteiger partial charge in [-0.2, -0.15) is 0 Å². The van der Waals surface area contributed by atoms with Crippen LogP contribution in [0.3, 0.4) is 0 Å². The zero-order valence-electron chi connectivity index (χ0n) is 25.6. The highest BCUT2D eigenvalue weighted by molar-refractivity contribution is 6.01. The van der Waals surface area contributed by atoms with Crippen LogP contribution < -0.4 is 0 Å². The molecule has 3 saturated carbocycles. The molecule has 1 aliphatic heterocycles. The van der Waals surface area contributed by atoms with Gasteiger partial charge in [0, 0.05) is 22.3 Å². The number of ketones is 2. The third kappa shape index (κ3) is 4.20. The summed E-state index contributed by atoms with van der Waals surface area (Å²) in [6.07, 6.45) is 5.80. The van der Waals surface area contributed by atoms with Crippen molar-refractivity contribution in [2.75, 3.05) is 6.61 Å². The van der Waals surface area contributed by atoms with Gasteiger partial charge in [-0.15, -0.1) is 0 Å². The lowest BCUT2D eigenvalue weighted by Crippen LogP contribution is -2.64. The molecule has 10 atom stereocenters. The van der Waals surface area contributed by atoms with Gasteiger partial charge in [0.15, 0.2) is 23.5 Å². The summed E-state index contributed by atoms with van der Waals surface area (Å²) in [5.41, 5.74) is 2.39. The first-order valence-electron chi connectivity index (χ1n) is 15.9. The first kappa shape index (κ1) is 29.8. The van der Waals surface area contributed by atoms with Crippen molar-refractivity contribution in [2.45, 2.75) is 77.2 Å². The monoisotopic (exact) mass is 598 g/mol. The van der Waals surface area contributed by atoms with Gasteiger partial charge in [-0.3, -0.25) is 9.59 Å². The largest absolute Gasteiger partial charge is 0.393 e. The van der Waals surface area contributed by atoms with Crippen LogP contribution in [0.4, 0.5) is 0 Å². The van der Waals surface area contributed by atoms with E-state index in [1.165, 1.54) is 0 Å². The number of Topliss-reactive ketones (excluding diaryl/α,β-unsaturated/α-hetero) is 1. The second kappa shape index (κ2) is 10.6. The van der Waals surface area contributed by atoms with Crippen molar-refractivity contribution in [3.05, 3.63) is 94.6 Å². The van der Waals surface area contributed by atoms with Gasteiger partial charge in [0.1, 0.15) is 6.61 Å². The summed E-state index contributed by atoms with van der Waals surface area (Å²) in [6, 6.07) is 15.9. The number of aliphatic hydroxyl groups excluding tert-OH is 3. The minimum absolute atomic E-state index is 0.00248. The molecule has 0 amide bonds. The SMILES string of the molecule is C[C@H]1C[C@@H]2[C@H]([C@@H](O)C[C@@]3(C)[C@H]2C[C@H]2O[C@@H](c4cccc(Cc5ccc(CO)cc5)c4)O[C@]23C(=O)CO)[C@@]2(C)C=CC(=O)C=C12. The van der Waals surface area contributed by atoms with E-state index in [2.05, 4.69) is 20.8 Å². The Kier molecular flexibility index (Phi) is 7.14. The normalized spacial score (nSPS) is 40.5. The lowest BCUT2D eigenvalue weighted by Gasteiger charge is -2.61. The molecule has 0 radical (unpaired) electrons. The molecular weight excluding hydrogens is 556 g/mol.